The maximum Gasteiger partial charge on any atom is 0.368 e. The van der Waals surface area contributed by atoms with Crippen molar-refractivity contribution < 1.29 is 9.63 Å². The smallest absolute Gasteiger partial charge is 0.368 e. The molecule has 0 radical (unpaired) electrons. The Labute approximate surface area is 148 Å². The first-order chi connectivity index (χ1) is 12.1. The van der Waals surface area contributed by atoms with Gasteiger partial charge in [-0.05, 0) is 48.8 Å². The highest BCUT2D eigenvalue weighted by atomic mass is 16.7. The van der Waals surface area contributed by atoms with Gasteiger partial charge in [0.25, 0.3) is 0 Å². The van der Waals surface area contributed by atoms with Crippen molar-refractivity contribution in [2.75, 3.05) is 14.1 Å². The highest BCUT2D eigenvalue weighted by molar-refractivity contribution is 6.29. The number of carbonyl (C=O) groups is 1. The van der Waals surface area contributed by atoms with Crippen molar-refractivity contribution in [2.24, 2.45) is 11.1 Å². The Morgan fingerprint density at radius 2 is 1.84 bits per heavy atom. The predicted octanol–water partition coefficient (Wildman–Crippen LogP) is 3.82. The molecule has 0 saturated heterocycles. The van der Waals surface area contributed by atoms with E-state index < -0.39 is 0 Å². The van der Waals surface area contributed by atoms with Crippen LogP contribution in [0.2, 0.25) is 0 Å². The van der Waals surface area contributed by atoms with E-state index in [-0.39, 0.29) is 5.97 Å². The van der Waals surface area contributed by atoms with Crippen molar-refractivity contribution >= 4 is 11.7 Å². The maximum atomic E-state index is 12.3. The third kappa shape index (κ3) is 2.93. The third-order valence-corrected chi connectivity index (χ3v) is 5.26. The number of fused-ring (bicyclic) bond motifs is 1. The number of rotatable bonds is 2. The molecule has 4 heteroatoms. The van der Waals surface area contributed by atoms with Crippen molar-refractivity contribution in [3.63, 3.8) is 0 Å². The number of carbonyl (C=O) groups excluding carboxylic acids is 1. The Kier molecular flexibility index (Phi) is 4.04. The van der Waals surface area contributed by atoms with Crippen molar-refractivity contribution in [1.82, 2.24) is 4.90 Å². The lowest BCUT2D eigenvalue weighted by atomic mass is 9.77. The quantitative estimate of drug-likeness (QED) is 0.610. The molecule has 1 aromatic rings. The third-order valence-electron chi connectivity index (χ3n) is 5.26. The molecule has 0 amide bonds. The fraction of sp³-hybridized carbons (Fsp3) is 0.333. The summed E-state index contributed by atoms with van der Waals surface area (Å²) in [6, 6.07) is 9.78. The van der Waals surface area contributed by atoms with Gasteiger partial charge in [-0.3, -0.25) is 0 Å². The molecule has 0 spiro atoms. The molecular formula is C21H22N2O2. The summed E-state index contributed by atoms with van der Waals surface area (Å²) in [5.74, 6) is 0.263. The van der Waals surface area contributed by atoms with Crippen LogP contribution in [0.4, 0.5) is 0 Å². The van der Waals surface area contributed by atoms with Gasteiger partial charge in [0.1, 0.15) is 5.71 Å². The second-order valence-corrected chi connectivity index (χ2v) is 7.03. The van der Waals surface area contributed by atoms with E-state index in [1.165, 1.54) is 17.7 Å². The Hall–Kier alpha value is -2.62. The summed E-state index contributed by atoms with van der Waals surface area (Å²) in [7, 11) is 4.17. The summed E-state index contributed by atoms with van der Waals surface area (Å²) in [6.45, 7) is 0. The molecule has 2 aliphatic carbocycles. The van der Waals surface area contributed by atoms with Crippen LogP contribution in [0.15, 0.2) is 70.1 Å². The number of allylic oxidation sites excluding steroid dienone is 5. The van der Waals surface area contributed by atoms with E-state index in [9.17, 15) is 4.79 Å². The number of hydrogen-bond acceptors (Lipinski definition) is 4. The summed E-state index contributed by atoms with van der Waals surface area (Å²) in [5.41, 5.74) is 5.93. The van der Waals surface area contributed by atoms with E-state index in [1.807, 2.05) is 30.3 Å². The lowest BCUT2D eigenvalue weighted by molar-refractivity contribution is -0.136. The molecule has 0 bridgehead atoms. The Balaban J connectivity index is 1.77. The van der Waals surface area contributed by atoms with Crippen LogP contribution in [0.3, 0.4) is 0 Å². The summed E-state index contributed by atoms with van der Waals surface area (Å²) >= 11 is 0. The summed E-state index contributed by atoms with van der Waals surface area (Å²) < 4.78 is 0. The first-order valence-corrected chi connectivity index (χ1v) is 8.81. The van der Waals surface area contributed by atoms with Gasteiger partial charge in [0.05, 0.1) is 5.57 Å². The zero-order chi connectivity index (χ0) is 17.4. The summed E-state index contributed by atoms with van der Waals surface area (Å²) in [6.07, 6.45) is 8.76. The molecule has 1 aromatic carbocycles. The van der Waals surface area contributed by atoms with Gasteiger partial charge in [0.2, 0.25) is 0 Å². The number of benzene rings is 1. The molecule has 0 aromatic heterocycles. The lowest BCUT2D eigenvalue weighted by Gasteiger charge is -2.31. The van der Waals surface area contributed by atoms with Gasteiger partial charge in [-0.1, -0.05) is 41.6 Å². The predicted molar refractivity (Wildman–Crippen MR) is 97.9 cm³/mol. The van der Waals surface area contributed by atoms with Gasteiger partial charge in [-0.15, -0.1) is 0 Å². The van der Waals surface area contributed by atoms with Crippen LogP contribution in [0.1, 0.15) is 31.2 Å². The van der Waals surface area contributed by atoms with E-state index in [2.05, 4.69) is 36.3 Å². The van der Waals surface area contributed by atoms with Crippen LogP contribution in [0.25, 0.3) is 0 Å². The second kappa shape index (κ2) is 6.36. The first kappa shape index (κ1) is 15.9. The first-order valence-electron chi connectivity index (χ1n) is 8.81. The molecule has 0 fully saturated rings. The fourth-order valence-electron chi connectivity index (χ4n) is 3.85. The van der Waals surface area contributed by atoms with E-state index >= 15 is 0 Å². The highest BCUT2D eigenvalue weighted by Crippen LogP contribution is 2.39. The van der Waals surface area contributed by atoms with Gasteiger partial charge >= 0.3 is 5.97 Å². The zero-order valence-corrected chi connectivity index (χ0v) is 14.7. The van der Waals surface area contributed by atoms with Crippen molar-refractivity contribution in [3.8, 4) is 0 Å². The topological polar surface area (TPSA) is 41.9 Å². The summed E-state index contributed by atoms with van der Waals surface area (Å²) in [4.78, 5) is 19.5. The van der Waals surface area contributed by atoms with E-state index in [0.29, 0.717) is 17.2 Å². The molecule has 25 heavy (non-hydrogen) atoms. The van der Waals surface area contributed by atoms with E-state index in [0.717, 1.165) is 30.4 Å². The molecule has 1 atom stereocenters. The molecule has 4 rings (SSSR count). The van der Waals surface area contributed by atoms with Crippen molar-refractivity contribution in [3.05, 3.63) is 70.5 Å². The Morgan fingerprint density at radius 1 is 1.08 bits per heavy atom. The van der Waals surface area contributed by atoms with Crippen molar-refractivity contribution in [1.29, 1.82) is 0 Å². The van der Waals surface area contributed by atoms with E-state index in [1.54, 1.807) is 0 Å². The second-order valence-electron chi connectivity index (χ2n) is 7.03. The van der Waals surface area contributed by atoms with Crippen molar-refractivity contribution in [2.45, 2.75) is 25.7 Å². The molecule has 3 aliphatic rings. The summed E-state index contributed by atoms with van der Waals surface area (Å²) in [5, 5.41) is 4.05. The average Bonchev–Trinajstić information content (AvgIpc) is 3.03. The standard InChI is InChI=1S/C21H22N2O2/c1-23(2)18-11-10-14-8-9-16(12-17(14)13-18)19-20(22-25-21(19)24)15-6-4-3-5-7-15/h3-7,12-14H,8-11H2,1-2H3/b19-16+. The van der Waals surface area contributed by atoms with Crippen LogP contribution in [-0.4, -0.2) is 30.7 Å². The van der Waals surface area contributed by atoms with Gasteiger partial charge in [0, 0.05) is 25.4 Å². The van der Waals surface area contributed by atoms with Gasteiger partial charge in [-0.25, -0.2) is 4.79 Å². The SMILES string of the molecule is CN(C)C1=CC2=C/C(=C3/C(=O)ON=C3c3ccccc3)CCC2CC1. The van der Waals surface area contributed by atoms with Gasteiger partial charge in [-0.2, -0.15) is 0 Å². The van der Waals surface area contributed by atoms with Crippen LogP contribution in [-0.2, 0) is 9.63 Å². The van der Waals surface area contributed by atoms with Crippen LogP contribution < -0.4 is 0 Å². The van der Waals surface area contributed by atoms with Crippen LogP contribution in [0.5, 0.6) is 0 Å². The zero-order valence-electron chi connectivity index (χ0n) is 14.7. The fourth-order valence-corrected chi connectivity index (χ4v) is 3.85. The molecule has 128 valence electrons. The molecular weight excluding hydrogens is 312 g/mol. The maximum absolute atomic E-state index is 12.3. The number of hydrogen-bond donors (Lipinski definition) is 0. The van der Waals surface area contributed by atoms with Crippen LogP contribution >= 0.6 is 0 Å². The van der Waals surface area contributed by atoms with Gasteiger partial charge in [0.15, 0.2) is 0 Å². The molecule has 0 N–H and O–H groups in total. The molecule has 4 nitrogen and oxygen atoms in total. The minimum Gasteiger partial charge on any atom is -0.381 e. The average molecular weight is 334 g/mol. The number of oxime groups is 1. The minimum atomic E-state index is -0.336. The molecule has 1 heterocycles. The molecule has 1 aliphatic heterocycles. The Bertz CT molecular complexity index is 829. The normalized spacial score (nSPS) is 25.6. The number of nitrogens with zero attached hydrogens (tertiary/aromatic N) is 2. The lowest BCUT2D eigenvalue weighted by Crippen LogP contribution is -2.21. The molecule has 1 unspecified atom stereocenters. The largest absolute Gasteiger partial charge is 0.381 e. The minimum absolute atomic E-state index is 0.336. The Morgan fingerprint density at radius 3 is 2.60 bits per heavy atom. The monoisotopic (exact) mass is 334 g/mol. The highest BCUT2D eigenvalue weighted by Gasteiger charge is 2.32. The van der Waals surface area contributed by atoms with E-state index in [4.69, 9.17) is 4.84 Å². The molecule has 0 saturated carbocycles. The van der Waals surface area contributed by atoms with Crippen LogP contribution in [0, 0.1) is 5.92 Å². The van der Waals surface area contributed by atoms with Gasteiger partial charge < -0.3 is 9.74 Å².